The number of rotatable bonds is 8. The van der Waals surface area contributed by atoms with Crippen LogP contribution in [0.15, 0.2) is 0 Å². The van der Waals surface area contributed by atoms with Crippen LogP contribution < -0.4 is 10.6 Å². The lowest BCUT2D eigenvalue weighted by atomic mass is 10.2. The van der Waals surface area contributed by atoms with Crippen LogP contribution in [0.1, 0.15) is 33.1 Å². The molecule has 0 aromatic heterocycles. The van der Waals surface area contributed by atoms with E-state index in [1.807, 2.05) is 6.92 Å². The van der Waals surface area contributed by atoms with E-state index in [0.29, 0.717) is 13.2 Å². The highest BCUT2D eigenvalue weighted by molar-refractivity contribution is 5.94. The van der Waals surface area contributed by atoms with E-state index < -0.39 is 17.9 Å². The zero-order chi connectivity index (χ0) is 14.0. The summed E-state index contributed by atoms with van der Waals surface area (Å²) in [6.45, 7) is 4.53. The van der Waals surface area contributed by atoms with Gasteiger partial charge in [-0.1, -0.05) is 0 Å². The molecule has 18 heavy (non-hydrogen) atoms. The van der Waals surface area contributed by atoms with E-state index in [4.69, 9.17) is 9.84 Å². The zero-order valence-electron chi connectivity index (χ0n) is 10.7. The lowest BCUT2D eigenvalue weighted by Gasteiger charge is -2.13. The molecule has 1 atom stereocenters. The maximum Gasteiger partial charge on any atom is 0.321 e. The fraction of sp³-hybridized carbons (Fsp3) is 0.727. The number of hydrogen-bond donors (Lipinski definition) is 3. The first-order valence-electron chi connectivity index (χ1n) is 5.85. The molecule has 0 spiro atoms. The Bertz CT molecular complexity index is 293. The predicted molar refractivity (Wildman–Crippen MR) is 64.1 cm³/mol. The summed E-state index contributed by atoms with van der Waals surface area (Å²) in [6.07, 6.45) is 0.137. The van der Waals surface area contributed by atoms with Crippen LogP contribution in [0.5, 0.6) is 0 Å². The van der Waals surface area contributed by atoms with Crippen LogP contribution in [-0.2, 0) is 14.3 Å². The Hall–Kier alpha value is -1.63. The Balaban J connectivity index is 3.73. The van der Waals surface area contributed by atoms with Crippen molar-refractivity contribution < 1.29 is 24.2 Å². The molecule has 0 saturated heterocycles. The number of ether oxygens (including phenoxy) is 1. The van der Waals surface area contributed by atoms with E-state index in [-0.39, 0.29) is 25.3 Å². The number of aliphatic carboxylic acids is 1. The summed E-state index contributed by atoms with van der Waals surface area (Å²) in [4.78, 5) is 32.8. The molecule has 0 heterocycles. The largest absolute Gasteiger partial charge is 0.481 e. The van der Waals surface area contributed by atoms with Crippen LogP contribution in [0, 0.1) is 0 Å². The molecule has 1 unspecified atom stereocenters. The van der Waals surface area contributed by atoms with Crippen LogP contribution in [0.2, 0.25) is 0 Å². The van der Waals surface area contributed by atoms with Gasteiger partial charge in [0, 0.05) is 19.4 Å². The highest BCUT2D eigenvalue weighted by Crippen LogP contribution is 1.95. The smallest absolute Gasteiger partial charge is 0.321 e. The van der Waals surface area contributed by atoms with Gasteiger partial charge in [0.2, 0.25) is 5.91 Å². The minimum Gasteiger partial charge on any atom is -0.481 e. The number of carbonyl (C=O) groups is 3. The topological polar surface area (TPSA) is 105 Å². The standard InChI is InChI=1S/C11H20N2O5/c1-3-18-7-8(2)12-11(17)13-9(14)5-4-6-10(15)16/h8H,3-7H2,1-2H3,(H,15,16)(H2,12,13,14,17). The molecule has 0 aromatic carbocycles. The molecule has 0 rings (SSSR count). The number of carboxylic acid groups (broad SMARTS) is 1. The van der Waals surface area contributed by atoms with Crippen LogP contribution in [-0.4, -0.2) is 42.3 Å². The summed E-state index contributed by atoms with van der Waals surface area (Å²) in [7, 11) is 0. The van der Waals surface area contributed by atoms with E-state index in [2.05, 4.69) is 10.6 Å². The Labute approximate surface area is 106 Å². The third kappa shape index (κ3) is 9.59. The van der Waals surface area contributed by atoms with Crippen LogP contribution in [0.25, 0.3) is 0 Å². The highest BCUT2D eigenvalue weighted by atomic mass is 16.5. The maximum absolute atomic E-state index is 11.3. The summed E-state index contributed by atoms with van der Waals surface area (Å²) in [5.74, 6) is -1.45. The first-order valence-corrected chi connectivity index (χ1v) is 5.85. The van der Waals surface area contributed by atoms with Crippen molar-refractivity contribution in [3.63, 3.8) is 0 Å². The molecule has 7 heteroatoms. The summed E-state index contributed by atoms with van der Waals surface area (Å²) >= 11 is 0. The van der Waals surface area contributed by atoms with E-state index in [9.17, 15) is 14.4 Å². The molecule has 0 aliphatic rings. The van der Waals surface area contributed by atoms with Crippen molar-refractivity contribution in [3.05, 3.63) is 0 Å². The number of nitrogens with one attached hydrogen (secondary N) is 2. The van der Waals surface area contributed by atoms with Gasteiger partial charge < -0.3 is 15.2 Å². The molecule has 0 aliphatic carbocycles. The van der Waals surface area contributed by atoms with Gasteiger partial charge in [0.05, 0.1) is 12.6 Å². The predicted octanol–water partition coefficient (Wildman–Crippen LogP) is 0.492. The molecule has 3 N–H and O–H groups in total. The molecule has 0 bridgehead atoms. The first kappa shape index (κ1) is 16.4. The van der Waals surface area contributed by atoms with Gasteiger partial charge in [-0.2, -0.15) is 0 Å². The normalized spacial score (nSPS) is 11.7. The molecule has 3 amide bonds. The fourth-order valence-electron chi connectivity index (χ4n) is 1.19. The molecular weight excluding hydrogens is 240 g/mol. The van der Waals surface area contributed by atoms with Gasteiger partial charge in [-0.25, -0.2) is 4.79 Å². The number of amides is 3. The minimum absolute atomic E-state index is 0.0135. The van der Waals surface area contributed by atoms with Crippen molar-refractivity contribution in [1.29, 1.82) is 0 Å². The number of urea groups is 1. The van der Waals surface area contributed by atoms with Gasteiger partial charge in [0.25, 0.3) is 0 Å². The van der Waals surface area contributed by atoms with E-state index in [0.717, 1.165) is 0 Å². The van der Waals surface area contributed by atoms with Crippen molar-refractivity contribution in [2.24, 2.45) is 0 Å². The second-order valence-corrected chi connectivity index (χ2v) is 3.83. The molecular formula is C11H20N2O5. The monoisotopic (exact) mass is 260 g/mol. The summed E-state index contributed by atoms with van der Waals surface area (Å²) in [5, 5.41) is 13.0. The number of carboxylic acids is 1. The number of imide groups is 1. The number of hydrogen-bond acceptors (Lipinski definition) is 4. The van der Waals surface area contributed by atoms with E-state index >= 15 is 0 Å². The molecule has 0 radical (unpaired) electrons. The third-order valence-electron chi connectivity index (χ3n) is 2.00. The van der Waals surface area contributed by atoms with Gasteiger partial charge >= 0.3 is 12.0 Å². The average Bonchev–Trinajstić information content (AvgIpc) is 2.25. The molecule has 0 fully saturated rings. The third-order valence-corrected chi connectivity index (χ3v) is 2.00. The van der Waals surface area contributed by atoms with E-state index in [1.54, 1.807) is 6.92 Å². The minimum atomic E-state index is -0.961. The van der Waals surface area contributed by atoms with Gasteiger partial charge in [-0.15, -0.1) is 0 Å². The molecule has 0 aliphatic heterocycles. The SMILES string of the molecule is CCOCC(C)NC(=O)NC(=O)CCCC(=O)O. The van der Waals surface area contributed by atoms with Gasteiger partial charge in [0.1, 0.15) is 0 Å². The van der Waals surface area contributed by atoms with Gasteiger partial charge in [-0.05, 0) is 20.3 Å². The second kappa shape index (κ2) is 9.41. The van der Waals surface area contributed by atoms with Crippen LogP contribution >= 0.6 is 0 Å². The maximum atomic E-state index is 11.3. The Morgan fingerprint density at radius 3 is 2.50 bits per heavy atom. The zero-order valence-corrected chi connectivity index (χ0v) is 10.7. The summed E-state index contributed by atoms with van der Waals surface area (Å²) in [6, 6.07) is -0.792. The Kier molecular flexibility index (Phi) is 8.55. The fourth-order valence-corrected chi connectivity index (χ4v) is 1.19. The van der Waals surface area contributed by atoms with Crippen LogP contribution in [0.4, 0.5) is 4.79 Å². The molecule has 104 valence electrons. The van der Waals surface area contributed by atoms with E-state index in [1.165, 1.54) is 0 Å². The van der Waals surface area contributed by atoms with Crippen molar-refractivity contribution in [1.82, 2.24) is 10.6 Å². The lowest BCUT2D eigenvalue weighted by Crippen LogP contribution is -2.45. The first-order chi connectivity index (χ1) is 8.45. The quantitative estimate of drug-likeness (QED) is 0.589. The van der Waals surface area contributed by atoms with Gasteiger partial charge in [-0.3, -0.25) is 14.9 Å². The Morgan fingerprint density at radius 2 is 1.94 bits per heavy atom. The summed E-state index contributed by atoms with van der Waals surface area (Å²) < 4.78 is 5.10. The molecule has 0 aromatic rings. The Morgan fingerprint density at radius 1 is 1.28 bits per heavy atom. The molecule has 0 saturated carbocycles. The van der Waals surface area contributed by atoms with Crippen molar-refractivity contribution >= 4 is 17.9 Å². The highest BCUT2D eigenvalue weighted by Gasteiger charge is 2.11. The number of carbonyl (C=O) groups excluding carboxylic acids is 2. The van der Waals surface area contributed by atoms with Crippen molar-refractivity contribution in [2.45, 2.75) is 39.2 Å². The van der Waals surface area contributed by atoms with Gasteiger partial charge in [0.15, 0.2) is 0 Å². The lowest BCUT2D eigenvalue weighted by molar-refractivity contribution is -0.137. The average molecular weight is 260 g/mol. The van der Waals surface area contributed by atoms with Crippen LogP contribution in [0.3, 0.4) is 0 Å². The second-order valence-electron chi connectivity index (χ2n) is 3.83. The van der Waals surface area contributed by atoms with Crippen molar-refractivity contribution in [3.8, 4) is 0 Å². The summed E-state index contributed by atoms with van der Waals surface area (Å²) in [5.41, 5.74) is 0. The molecule has 7 nitrogen and oxygen atoms in total. The van der Waals surface area contributed by atoms with Crippen molar-refractivity contribution in [2.75, 3.05) is 13.2 Å².